The van der Waals surface area contributed by atoms with Crippen LogP contribution in [0.2, 0.25) is 0 Å². The molecule has 6 rings (SSSR count). The van der Waals surface area contributed by atoms with Crippen LogP contribution >= 0.6 is 0 Å². The van der Waals surface area contributed by atoms with Crippen LogP contribution in [0.4, 0.5) is 5.69 Å². The Kier molecular flexibility index (Phi) is 7.65. The molecule has 0 bridgehead atoms. The highest BCUT2D eigenvalue weighted by Crippen LogP contribution is 2.76. The number of carbonyl (C=O) groups excluding carboxylic acids is 2. The van der Waals surface area contributed by atoms with Crippen molar-refractivity contribution in [3.63, 3.8) is 0 Å². The van der Waals surface area contributed by atoms with Crippen LogP contribution in [-0.2, 0) is 14.3 Å². The van der Waals surface area contributed by atoms with Crippen molar-refractivity contribution in [1.29, 1.82) is 0 Å². The summed E-state index contributed by atoms with van der Waals surface area (Å²) >= 11 is 0. The lowest BCUT2D eigenvalue weighted by molar-refractivity contribution is -0.212. The van der Waals surface area contributed by atoms with E-state index in [1.54, 1.807) is 19.6 Å². The number of methoxy groups -OCH3 is 1. The van der Waals surface area contributed by atoms with Gasteiger partial charge < -0.3 is 14.8 Å². The largest absolute Gasteiger partial charge is 0.497 e. The Morgan fingerprint density at radius 3 is 2.23 bits per heavy atom. The first-order valence-electron chi connectivity index (χ1n) is 17.5. The van der Waals surface area contributed by atoms with Crippen LogP contribution in [0.5, 0.6) is 5.75 Å². The van der Waals surface area contributed by atoms with Crippen LogP contribution in [-0.4, -0.2) is 25.1 Å². The van der Waals surface area contributed by atoms with Crippen molar-refractivity contribution < 1.29 is 19.1 Å². The van der Waals surface area contributed by atoms with Gasteiger partial charge in [-0.15, -0.1) is 0 Å². The molecular weight excluding hydrogens is 546 g/mol. The second kappa shape index (κ2) is 10.6. The summed E-state index contributed by atoms with van der Waals surface area (Å²) in [5.41, 5.74) is 2.48. The molecule has 44 heavy (non-hydrogen) atoms. The summed E-state index contributed by atoms with van der Waals surface area (Å²) in [7, 11) is 1.67. The standard InChI is InChI=1S/C39H57NO4/c1-24-16-21-39(34(42)40-27-10-12-28(43-9)13-11-27)23-22-37(7)29(33(39)25(24)2)14-15-31-36(6)19-18-32(44-26(3)41)35(4,5)30(36)17-20-38(31,37)8/h10-14,24-25,30-33H,15-23H2,1-9H3,(H,40,42)/t24-,25+,30+,31-,32+,33+,36+,37-,38-,39+/m1/s1. The van der Waals surface area contributed by atoms with E-state index in [0.29, 0.717) is 23.7 Å². The number of allylic oxidation sites excluding steroid dienone is 2. The van der Waals surface area contributed by atoms with Gasteiger partial charge in [-0.2, -0.15) is 0 Å². The van der Waals surface area contributed by atoms with Gasteiger partial charge >= 0.3 is 5.97 Å². The zero-order chi connectivity index (χ0) is 31.9. The fourth-order valence-corrected chi connectivity index (χ4v) is 12.2. The third-order valence-corrected chi connectivity index (χ3v) is 15.0. The smallest absolute Gasteiger partial charge is 0.302 e. The maximum absolute atomic E-state index is 14.5. The van der Waals surface area contributed by atoms with E-state index >= 15 is 0 Å². The fourth-order valence-electron chi connectivity index (χ4n) is 12.2. The molecular formula is C39H57NO4. The minimum absolute atomic E-state index is 0.00296. The summed E-state index contributed by atoms with van der Waals surface area (Å²) in [5, 5.41) is 3.37. The van der Waals surface area contributed by atoms with Gasteiger partial charge in [-0.3, -0.25) is 9.59 Å². The minimum atomic E-state index is -0.369. The number of nitrogens with one attached hydrogen (secondary N) is 1. The first kappa shape index (κ1) is 31.7. The quantitative estimate of drug-likeness (QED) is 0.275. The number of anilines is 1. The first-order valence-corrected chi connectivity index (χ1v) is 17.5. The van der Waals surface area contributed by atoms with Crippen molar-refractivity contribution in [3.05, 3.63) is 35.9 Å². The number of rotatable bonds is 4. The lowest BCUT2D eigenvalue weighted by atomic mass is 9.33. The van der Waals surface area contributed by atoms with Crippen molar-refractivity contribution in [3.8, 4) is 5.75 Å². The number of benzene rings is 1. The van der Waals surface area contributed by atoms with Crippen LogP contribution in [0, 0.1) is 56.7 Å². The molecule has 5 aliphatic carbocycles. The third kappa shape index (κ3) is 4.37. The number of amides is 1. The van der Waals surface area contributed by atoms with Gasteiger partial charge in [0.1, 0.15) is 11.9 Å². The molecule has 0 unspecified atom stereocenters. The van der Waals surface area contributed by atoms with Crippen molar-refractivity contribution in [2.24, 2.45) is 56.7 Å². The molecule has 1 amide bonds. The van der Waals surface area contributed by atoms with Gasteiger partial charge in [0.25, 0.3) is 0 Å². The van der Waals surface area contributed by atoms with E-state index in [2.05, 4.69) is 59.9 Å². The molecule has 0 aliphatic heterocycles. The van der Waals surface area contributed by atoms with Gasteiger partial charge in [-0.25, -0.2) is 0 Å². The number of fused-ring (bicyclic) bond motifs is 7. The molecule has 5 heteroatoms. The maximum Gasteiger partial charge on any atom is 0.302 e. The normalized spacial score (nSPS) is 44.1. The van der Waals surface area contributed by atoms with Gasteiger partial charge in [-0.05, 0) is 128 Å². The van der Waals surface area contributed by atoms with Crippen molar-refractivity contribution in [1.82, 2.24) is 0 Å². The second-order valence-electron chi connectivity index (χ2n) is 16.9. The lowest BCUT2D eigenvalue weighted by Gasteiger charge is -2.71. The summed E-state index contributed by atoms with van der Waals surface area (Å²) in [6.45, 7) is 18.9. The fraction of sp³-hybridized carbons (Fsp3) is 0.744. The zero-order valence-corrected chi connectivity index (χ0v) is 28.8. The van der Waals surface area contributed by atoms with E-state index in [9.17, 15) is 9.59 Å². The molecule has 0 heterocycles. The maximum atomic E-state index is 14.5. The SMILES string of the molecule is COc1ccc(NC(=O)[C@]23CC[C@@H](C)[C@H](C)[C@H]2C2=CC[C@@H]4[C@@]5(C)CC[C@H](OC(C)=O)C(C)(C)[C@@H]5CC[C@@]4(C)[C@]2(C)CC3)cc1. The highest BCUT2D eigenvalue weighted by atomic mass is 16.5. The molecule has 5 nitrogen and oxygen atoms in total. The molecule has 1 aromatic rings. The van der Waals surface area contributed by atoms with Crippen molar-refractivity contribution >= 4 is 17.6 Å². The monoisotopic (exact) mass is 603 g/mol. The highest BCUT2D eigenvalue weighted by molar-refractivity contribution is 5.96. The van der Waals surface area contributed by atoms with E-state index in [1.165, 1.54) is 12.8 Å². The summed E-state index contributed by atoms with van der Waals surface area (Å²) in [6.07, 6.45) is 12.3. The van der Waals surface area contributed by atoms with Gasteiger partial charge in [-0.1, -0.05) is 60.1 Å². The van der Waals surface area contributed by atoms with Crippen molar-refractivity contribution in [2.45, 2.75) is 119 Å². The Labute approximate surface area is 266 Å². The van der Waals surface area contributed by atoms with Crippen LogP contribution in [0.1, 0.15) is 113 Å². The van der Waals surface area contributed by atoms with Crippen LogP contribution in [0.3, 0.4) is 0 Å². The molecule has 0 saturated heterocycles. The molecule has 1 aromatic carbocycles. The average molecular weight is 604 g/mol. The Balaban J connectivity index is 1.36. The molecule has 1 N–H and O–H groups in total. The number of hydrogen-bond acceptors (Lipinski definition) is 4. The summed E-state index contributed by atoms with van der Waals surface area (Å²) in [5.74, 6) is 3.29. The number of carbonyl (C=O) groups is 2. The predicted molar refractivity (Wildman–Crippen MR) is 176 cm³/mol. The molecule has 0 radical (unpaired) electrons. The summed E-state index contributed by atoms with van der Waals surface area (Å²) in [6, 6.07) is 7.78. The van der Waals surface area contributed by atoms with E-state index in [4.69, 9.17) is 9.47 Å². The molecule has 10 atom stereocenters. The first-order chi connectivity index (χ1) is 20.6. The van der Waals surface area contributed by atoms with E-state index in [1.807, 2.05) is 24.3 Å². The number of ether oxygens (including phenoxy) is 2. The number of hydrogen-bond donors (Lipinski definition) is 1. The van der Waals surface area contributed by atoms with Crippen LogP contribution in [0.15, 0.2) is 35.9 Å². The Morgan fingerprint density at radius 1 is 0.864 bits per heavy atom. The highest BCUT2D eigenvalue weighted by Gasteiger charge is 2.69. The third-order valence-electron chi connectivity index (χ3n) is 15.0. The topological polar surface area (TPSA) is 64.6 Å². The van der Waals surface area contributed by atoms with Gasteiger partial charge in [0, 0.05) is 18.0 Å². The summed E-state index contributed by atoms with van der Waals surface area (Å²) < 4.78 is 11.3. The second-order valence-corrected chi connectivity index (χ2v) is 16.9. The molecule has 242 valence electrons. The average Bonchev–Trinajstić information content (AvgIpc) is 2.97. The van der Waals surface area contributed by atoms with Gasteiger partial charge in [0.15, 0.2) is 0 Å². The van der Waals surface area contributed by atoms with Crippen LogP contribution in [0.25, 0.3) is 0 Å². The van der Waals surface area contributed by atoms with Crippen molar-refractivity contribution in [2.75, 3.05) is 12.4 Å². The Bertz CT molecular complexity index is 1330. The van der Waals surface area contributed by atoms with Gasteiger partial charge in [0.05, 0.1) is 12.5 Å². The lowest BCUT2D eigenvalue weighted by Crippen LogP contribution is -2.65. The van der Waals surface area contributed by atoms with Crippen LogP contribution < -0.4 is 10.1 Å². The molecule has 4 fully saturated rings. The van der Waals surface area contributed by atoms with Gasteiger partial charge in [0.2, 0.25) is 5.91 Å². The Hall–Kier alpha value is -2.30. The number of esters is 1. The zero-order valence-electron chi connectivity index (χ0n) is 28.8. The van der Waals surface area contributed by atoms with E-state index in [-0.39, 0.29) is 51.0 Å². The molecule has 0 aromatic heterocycles. The molecule has 0 spiro atoms. The minimum Gasteiger partial charge on any atom is -0.497 e. The predicted octanol–water partition coefficient (Wildman–Crippen LogP) is 9.22. The van der Waals surface area contributed by atoms with E-state index < -0.39 is 0 Å². The van der Waals surface area contributed by atoms with E-state index in [0.717, 1.165) is 56.4 Å². The Morgan fingerprint density at radius 2 is 1.57 bits per heavy atom. The molecule has 5 aliphatic rings. The molecule has 4 saturated carbocycles. The summed E-state index contributed by atoms with van der Waals surface area (Å²) in [4.78, 5) is 26.5.